The van der Waals surface area contributed by atoms with Gasteiger partial charge in [0.1, 0.15) is 9.84 Å². The fraction of sp³-hybridized carbons (Fsp3) is 0.500. The topological polar surface area (TPSA) is 46.2 Å². The average Bonchev–Trinajstić information content (AvgIpc) is 2.34. The first-order valence-corrected chi connectivity index (χ1v) is 8.17. The van der Waals surface area contributed by atoms with E-state index in [1.54, 1.807) is 0 Å². The molecule has 114 valence electrons. The van der Waals surface area contributed by atoms with Crippen LogP contribution in [0, 0.1) is 0 Å². The van der Waals surface area contributed by atoms with Gasteiger partial charge in [-0.15, -0.1) is 0 Å². The van der Waals surface area contributed by atoms with Crippen molar-refractivity contribution in [1.29, 1.82) is 0 Å². The van der Waals surface area contributed by atoms with Crippen LogP contribution in [-0.2, 0) is 16.0 Å². The van der Waals surface area contributed by atoms with E-state index in [0.29, 0.717) is 0 Å². The standard InChI is InChI=1S/C12H15ClF3NO2S/c1-2-20(18,19)8-4-7-17-11-9(12(14,15)16)5-3-6-10(11)13/h3,5-6,17H,2,4,7-8H2,1H3. The largest absolute Gasteiger partial charge is 0.418 e. The summed E-state index contributed by atoms with van der Waals surface area (Å²) in [6.07, 6.45) is -4.29. The van der Waals surface area contributed by atoms with Gasteiger partial charge in [0.05, 0.1) is 22.0 Å². The Labute approximate surface area is 121 Å². The molecule has 0 aliphatic rings. The molecule has 0 saturated heterocycles. The number of para-hydroxylation sites is 1. The van der Waals surface area contributed by atoms with Crippen LogP contribution >= 0.6 is 11.6 Å². The van der Waals surface area contributed by atoms with E-state index in [-0.39, 0.29) is 35.2 Å². The molecule has 20 heavy (non-hydrogen) atoms. The third-order valence-electron chi connectivity index (χ3n) is 2.69. The summed E-state index contributed by atoms with van der Waals surface area (Å²) in [6, 6.07) is 3.50. The minimum Gasteiger partial charge on any atom is -0.383 e. The first-order valence-electron chi connectivity index (χ1n) is 5.97. The number of nitrogens with one attached hydrogen (secondary N) is 1. The van der Waals surface area contributed by atoms with E-state index in [0.717, 1.165) is 6.07 Å². The van der Waals surface area contributed by atoms with Crippen molar-refractivity contribution in [3.63, 3.8) is 0 Å². The number of rotatable bonds is 6. The lowest BCUT2D eigenvalue weighted by Gasteiger charge is -2.15. The first kappa shape index (κ1) is 17.1. The highest BCUT2D eigenvalue weighted by molar-refractivity contribution is 7.91. The first-order chi connectivity index (χ1) is 9.17. The molecule has 0 aliphatic carbocycles. The fourth-order valence-electron chi connectivity index (χ4n) is 1.59. The minimum atomic E-state index is -4.51. The molecule has 1 rings (SSSR count). The highest BCUT2D eigenvalue weighted by Crippen LogP contribution is 2.38. The van der Waals surface area contributed by atoms with Crippen LogP contribution in [0.2, 0.25) is 5.02 Å². The number of hydrogen-bond acceptors (Lipinski definition) is 3. The average molecular weight is 330 g/mol. The van der Waals surface area contributed by atoms with Crippen molar-refractivity contribution >= 4 is 27.1 Å². The Balaban J connectivity index is 2.74. The van der Waals surface area contributed by atoms with Gasteiger partial charge in [-0.25, -0.2) is 8.42 Å². The monoisotopic (exact) mass is 329 g/mol. The third kappa shape index (κ3) is 4.86. The van der Waals surface area contributed by atoms with Gasteiger partial charge in [-0.1, -0.05) is 24.6 Å². The molecule has 0 bridgehead atoms. The summed E-state index contributed by atoms with van der Waals surface area (Å²) in [4.78, 5) is 0. The Morgan fingerprint density at radius 2 is 1.95 bits per heavy atom. The van der Waals surface area contributed by atoms with E-state index in [4.69, 9.17) is 11.6 Å². The quantitative estimate of drug-likeness (QED) is 0.811. The number of alkyl halides is 3. The Kier molecular flexibility index (Phi) is 5.70. The summed E-state index contributed by atoms with van der Waals surface area (Å²) >= 11 is 5.75. The Morgan fingerprint density at radius 1 is 1.30 bits per heavy atom. The van der Waals surface area contributed by atoms with E-state index in [1.807, 2.05) is 0 Å². The predicted molar refractivity (Wildman–Crippen MR) is 73.9 cm³/mol. The van der Waals surface area contributed by atoms with Gasteiger partial charge in [0.15, 0.2) is 0 Å². The summed E-state index contributed by atoms with van der Waals surface area (Å²) < 4.78 is 60.9. The number of hydrogen-bond donors (Lipinski definition) is 1. The molecular formula is C12H15ClF3NO2S. The van der Waals surface area contributed by atoms with Crippen molar-refractivity contribution in [2.45, 2.75) is 19.5 Å². The fourth-order valence-corrected chi connectivity index (χ4v) is 2.70. The highest BCUT2D eigenvalue weighted by atomic mass is 35.5. The van der Waals surface area contributed by atoms with Crippen molar-refractivity contribution in [2.75, 3.05) is 23.4 Å². The lowest BCUT2D eigenvalue weighted by atomic mass is 10.1. The maximum atomic E-state index is 12.8. The number of benzene rings is 1. The second-order valence-electron chi connectivity index (χ2n) is 4.18. The van der Waals surface area contributed by atoms with Crippen molar-refractivity contribution < 1.29 is 21.6 Å². The lowest BCUT2D eigenvalue weighted by Crippen LogP contribution is -2.15. The van der Waals surface area contributed by atoms with Gasteiger partial charge in [0.25, 0.3) is 0 Å². The molecule has 1 N–H and O–H groups in total. The van der Waals surface area contributed by atoms with Crippen LogP contribution in [0.25, 0.3) is 0 Å². The van der Waals surface area contributed by atoms with Crippen LogP contribution in [0.4, 0.5) is 18.9 Å². The summed E-state index contributed by atoms with van der Waals surface area (Å²) in [6.45, 7) is 1.63. The molecule has 0 aromatic heterocycles. The van der Waals surface area contributed by atoms with Crippen LogP contribution < -0.4 is 5.32 Å². The zero-order valence-electron chi connectivity index (χ0n) is 10.8. The van der Waals surface area contributed by atoms with Crippen molar-refractivity contribution in [3.05, 3.63) is 28.8 Å². The SMILES string of the molecule is CCS(=O)(=O)CCCNc1c(Cl)cccc1C(F)(F)F. The maximum absolute atomic E-state index is 12.8. The molecule has 8 heteroatoms. The molecule has 0 fully saturated rings. The van der Waals surface area contributed by atoms with Gasteiger partial charge in [0.2, 0.25) is 0 Å². The Hall–Kier alpha value is -0.950. The second kappa shape index (κ2) is 6.67. The molecule has 1 aromatic carbocycles. The molecule has 0 saturated carbocycles. The molecular weight excluding hydrogens is 315 g/mol. The van der Waals surface area contributed by atoms with E-state index in [1.165, 1.54) is 19.1 Å². The van der Waals surface area contributed by atoms with Gasteiger partial charge in [0, 0.05) is 12.3 Å². The normalized spacial score (nSPS) is 12.4. The van der Waals surface area contributed by atoms with E-state index >= 15 is 0 Å². The van der Waals surface area contributed by atoms with Gasteiger partial charge in [-0.05, 0) is 18.6 Å². The molecule has 0 atom stereocenters. The van der Waals surface area contributed by atoms with Crippen molar-refractivity contribution in [2.24, 2.45) is 0 Å². The van der Waals surface area contributed by atoms with Crippen molar-refractivity contribution in [3.8, 4) is 0 Å². The molecule has 0 radical (unpaired) electrons. The number of sulfone groups is 1. The molecule has 0 amide bonds. The smallest absolute Gasteiger partial charge is 0.383 e. The van der Waals surface area contributed by atoms with Crippen LogP contribution in [0.15, 0.2) is 18.2 Å². The van der Waals surface area contributed by atoms with Gasteiger partial charge < -0.3 is 5.32 Å². The lowest BCUT2D eigenvalue weighted by molar-refractivity contribution is -0.136. The summed E-state index contributed by atoms with van der Waals surface area (Å²) in [5.41, 5.74) is -1.07. The summed E-state index contributed by atoms with van der Waals surface area (Å²) in [5, 5.41) is 2.53. The summed E-state index contributed by atoms with van der Waals surface area (Å²) in [7, 11) is -3.12. The molecule has 3 nitrogen and oxygen atoms in total. The molecule has 1 aromatic rings. The zero-order chi connectivity index (χ0) is 15.4. The van der Waals surface area contributed by atoms with Crippen LogP contribution in [0.1, 0.15) is 18.9 Å². The molecule has 0 heterocycles. The maximum Gasteiger partial charge on any atom is 0.418 e. The summed E-state index contributed by atoms with van der Waals surface area (Å²) in [5.74, 6) is -0.0464. The van der Waals surface area contributed by atoms with Crippen LogP contribution in [-0.4, -0.2) is 26.5 Å². The Morgan fingerprint density at radius 3 is 2.50 bits per heavy atom. The van der Waals surface area contributed by atoms with Gasteiger partial charge in [-0.2, -0.15) is 13.2 Å². The van der Waals surface area contributed by atoms with Crippen LogP contribution in [0.5, 0.6) is 0 Å². The number of halogens is 4. The Bertz CT molecular complexity index is 558. The second-order valence-corrected chi connectivity index (χ2v) is 7.06. The molecule has 0 spiro atoms. The van der Waals surface area contributed by atoms with E-state index < -0.39 is 21.6 Å². The molecule has 0 unspecified atom stereocenters. The van der Waals surface area contributed by atoms with Gasteiger partial charge >= 0.3 is 6.18 Å². The highest BCUT2D eigenvalue weighted by Gasteiger charge is 2.34. The zero-order valence-corrected chi connectivity index (χ0v) is 12.4. The third-order valence-corrected chi connectivity index (χ3v) is 4.80. The predicted octanol–water partition coefficient (Wildman–Crippen LogP) is 3.60. The van der Waals surface area contributed by atoms with E-state index in [9.17, 15) is 21.6 Å². The minimum absolute atomic E-state index is 0.0207. The van der Waals surface area contributed by atoms with Crippen molar-refractivity contribution in [1.82, 2.24) is 0 Å². The number of anilines is 1. The van der Waals surface area contributed by atoms with Crippen LogP contribution in [0.3, 0.4) is 0 Å². The van der Waals surface area contributed by atoms with E-state index in [2.05, 4.69) is 5.32 Å². The molecule has 0 aliphatic heterocycles. The van der Waals surface area contributed by atoms with Gasteiger partial charge in [-0.3, -0.25) is 0 Å².